The molecule has 0 spiro atoms. The van der Waals surface area contributed by atoms with Gasteiger partial charge in [0, 0.05) is 5.56 Å². The molecule has 0 fully saturated rings. The van der Waals surface area contributed by atoms with Gasteiger partial charge in [-0.2, -0.15) is 13.5 Å². The van der Waals surface area contributed by atoms with Crippen molar-refractivity contribution < 1.29 is 12.8 Å². The van der Waals surface area contributed by atoms with Crippen LogP contribution < -0.4 is 4.83 Å². The SMILES string of the molecule is Cc1ccc(S(=O)(=O)NN=Cc2cccc(Br)c2F)cc1. The third kappa shape index (κ3) is 3.89. The van der Waals surface area contributed by atoms with Crippen molar-refractivity contribution in [3.05, 3.63) is 63.9 Å². The minimum absolute atomic E-state index is 0.0972. The molecule has 7 heteroatoms. The molecule has 0 aliphatic carbocycles. The Morgan fingerprint density at radius 3 is 2.52 bits per heavy atom. The third-order valence-electron chi connectivity index (χ3n) is 2.69. The van der Waals surface area contributed by atoms with Crippen molar-refractivity contribution >= 4 is 32.2 Å². The standard InChI is InChI=1S/C14H12BrFN2O2S/c1-10-5-7-12(8-6-10)21(19,20)18-17-9-11-3-2-4-13(15)14(11)16/h2-9,18H,1H3. The molecule has 0 radical (unpaired) electrons. The van der Waals surface area contributed by atoms with E-state index in [0.717, 1.165) is 11.8 Å². The van der Waals surface area contributed by atoms with Crippen molar-refractivity contribution in [3.63, 3.8) is 0 Å². The summed E-state index contributed by atoms with van der Waals surface area (Å²) in [4.78, 5) is 2.15. The van der Waals surface area contributed by atoms with E-state index in [0.29, 0.717) is 0 Å². The number of halogens is 2. The number of sulfonamides is 1. The Morgan fingerprint density at radius 2 is 1.86 bits per heavy atom. The average Bonchev–Trinajstić information content (AvgIpc) is 2.44. The highest BCUT2D eigenvalue weighted by Crippen LogP contribution is 2.17. The van der Waals surface area contributed by atoms with Gasteiger partial charge in [-0.05, 0) is 41.1 Å². The molecule has 0 atom stereocenters. The normalized spacial score (nSPS) is 11.8. The molecule has 2 aromatic rings. The largest absolute Gasteiger partial charge is 0.276 e. The number of nitrogens with zero attached hydrogens (tertiary/aromatic N) is 1. The summed E-state index contributed by atoms with van der Waals surface area (Å²) in [6.45, 7) is 1.86. The topological polar surface area (TPSA) is 58.5 Å². The molecule has 2 rings (SSSR count). The van der Waals surface area contributed by atoms with Gasteiger partial charge >= 0.3 is 0 Å². The number of benzene rings is 2. The first-order chi connectivity index (χ1) is 9.90. The van der Waals surface area contributed by atoms with E-state index in [2.05, 4.69) is 21.0 Å². The first-order valence-electron chi connectivity index (χ1n) is 5.96. The molecule has 0 heterocycles. The maximum absolute atomic E-state index is 13.7. The van der Waals surface area contributed by atoms with Gasteiger partial charge in [0.05, 0.1) is 15.6 Å². The lowest BCUT2D eigenvalue weighted by molar-refractivity contribution is 0.584. The van der Waals surface area contributed by atoms with Crippen molar-refractivity contribution in [1.82, 2.24) is 4.83 Å². The molecular formula is C14H12BrFN2O2S. The average molecular weight is 371 g/mol. The van der Waals surface area contributed by atoms with Gasteiger partial charge in [0.1, 0.15) is 5.82 Å². The molecule has 21 heavy (non-hydrogen) atoms. The number of rotatable bonds is 4. The van der Waals surface area contributed by atoms with E-state index in [1.807, 2.05) is 11.8 Å². The van der Waals surface area contributed by atoms with Crippen LogP contribution in [0.4, 0.5) is 4.39 Å². The second-order valence-electron chi connectivity index (χ2n) is 4.31. The summed E-state index contributed by atoms with van der Waals surface area (Å²) in [5.41, 5.74) is 1.13. The van der Waals surface area contributed by atoms with E-state index >= 15 is 0 Å². The summed E-state index contributed by atoms with van der Waals surface area (Å²) in [5.74, 6) is -0.504. The number of nitrogens with one attached hydrogen (secondary N) is 1. The smallest absolute Gasteiger partial charge is 0.205 e. The van der Waals surface area contributed by atoms with Gasteiger partial charge in [0.25, 0.3) is 10.0 Å². The van der Waals surface area contributed by atoms with E-state index in [4.69, 9.17) is 0 Å². The Morgan fingerprint density at radius 1 is 1.19 bits per heavy atom. The van der Waals surface area contributed by atoms with Crippen LogP contribution in [0.3, 0.4) is 0 Å². The van der Waals surface area contributed by atoms with Crippen molar-refractivity contribution in [2.75, 3.05) is 0 Å². The molecule has 4 nitrogen and oxygen atoms in total. The molecule has 2 aromatic carbocycles. The van der Waals surface area contributed by atoms with Crippen LogP contribution in [-0.4, -0.2) is 14.6 Å². The van der Waals surface area contributed by atoms with Crippen molar-refractivity contribution in [2.24, 2.45) is 5.10 Å². The second-order valence-corrected chi connectivity index (χ2v) is 6.82. The summed E-state index contributed by atoms with van der Waals surface area (Å²) < 4.78 is 37.9. The molecule has 0 unspecified atom stereocenters. The molecule has 0 bridgehead atoms. The first kappa shape index (κ1) is 15.7. The van der Waals surface area contributed by atoms with E-state index in [1.54, 1.807) is 24.3 Å². The van der Waals surface area contributed by atoms with Crippen molar-refractivity contribution in [2.45, 2.75) is 11.8 Å². The van der Waals surface area contributed by atoms with Crippen LogP contribution in [0.25, 0.3) is 0 Å². The lowest BCUT2D eigenvalue weighted by Crippen LogP contribution is -2.18. The molecule has 1 N–H and O–H groups in total. The fourth-order valence-electron chi connectivity index (χ4n) is 1.56. The van der Waals surface area contributed by atoms with Gasteiger partial charge < -0.3 is 0 Å². The molecule has 0 aliphatic rings. The summed E-state index contributed by atoms with van der Waals surface area (Å²) >= 11 is 3.05. The van der Waals surface area contributed by atoms with Crippen LogP contribution in [0.1, 0.15) is 11.1 Å². The van der Waals surface area contributed by atoms with Crippen LogP contribution >= 0.6 is 15.9 Å². The number of hydrogen-bond acceptors (Lipinski definition) is 3. The van der Waals surface area contributed by atoms with Crippen LogP contribution in [0.2, 0.25) is 0 Å². The highest BCUT2D eigenvalue weighted by molar-refractivity contribution is 9.10. The molecule has 0 saturated carbocycles. The van der Waals surface area contributed by atoms with Crippen molar-refractivity contribution in [1.29, 1.82) is 0 Å². The molecule has 0 amide bonds. The lowest BCUT2D eigenvalue weighted by Gasteiger charge is -2.04. The molecule has 0 saturated heterocycles. The Balaban J connectivity index is 2.16. The minimum atomic E-state index is -3.75. The van der Waals surface area contributed by atoms with Crippen LogP contribution in [0.5, 0.6) is 0 Å². The molecule has 0 aliphatic heterocycles. The van der Waals surface area contributed by atoms with Gasteiger partial charge in [0.2, 0.25) is 0 Å². The predicted octanol–water partition coefficient (Wildman–Crippen LogP) is 3.21. The predicted molar refractivity (Wildman–Crippen MR) is 83.2 cm³/mol. The van der Waals surface area contributed by atoms with Gasteiger partial charge in [-0.1, -0.05) is 29.8 Å². The minimum Gasteiger partial charge on any atom is -0.205 e. The van der Waals surface area contributed by atoms with Gasteiger partial charge in [-0.15, -0.1) is 0 Å². The van der Waals surface area contributed by atoms with E-state index in [9.17, 15) is 12.8 Å². The zero-order chi connectivity index (χ0) is 15.5. The summed E-state index contributed by atoms with van der Waals surface area (Å²) in [5, 5.41) is 3.59. The summed E-state index contributed by atoms with van der Waals surface area (Å²) in [7, 11) is -3.75. The Hall–Kier alpha value is -1.73. The maximum Gasteiger partial charge on any atom is 0.276 e. The van der Waals surface area contributed by atoms with E-state index in [-0.39, 0.29) is 14.9 Å². The monoisotopic (exact) mass is 370 g/mol. The zero-order valence-electron chi connectivity index (χ0n) is 11.0. The molecular weight excluding hydrogens is 359 g/mol. The number of hydrazone groups is 1. The van der Waals surface area contributed by atoms with E-state index in [1.165, 1.54) is 18.2 Å². The summed E-state index contributed by atoms with van der Waals surface area (Å²) in [6, 6.07) is 11.0. The fourth-order valence-corrected chi connectivity index (χ4v) is 2.73. The summed E-state index contributed by atoms with van der Waals surface area (Å²) in [6.07, 6.45) is 1.12. The van der Waals surface area contributed by atoms with Crippen LogP contribution in [0.15, 0.2) is 56.9 Å². The van der Waals surface area contributed by atoms with Crippen molar-refractivity contribution in [3.8, 4) is 0 Å². The lowest BCUT2D eigenvalue weighted by atomic mass is 10.2. The second kappa shape index (κ2) is 6.36. The van der Waals surface area contributed by atoms with Gasteiger partial charge in [-0.3, -0.25) is 0 Å². The Kier molecular flexibility index (Phi) is 4.74. The first-order valence-corrected chi connectivity index (χ1v) is 8.23. The highest BCUT2D eigenvalue weighted by Gasteiger charge is 2.12. The zero-order valence-corrected chi connectivity index (χ0v) is 13.4. The Bertz CT molecular complexity index is 774. The van der Waals surface area contributed by atoms with Crippen LogP contribution in [0, 0.1) is 12.7 Å². The quantitative estimate of drug-likeness (QED) is 0.663. The number of hydrogen-bond donors (Lipinski definition) is 1. The Labute approximate surface area is 130 Å². The van der Waals surface area contributed by atoms with Gasteiger partial charge in [0.15, 0.2) is 0 Å². The van der Waals surface area contributed by atoms with E-state index < -0.39 is 15.8 Å². The molecule has 110 valence electrons. The fraction of sp³-hybridized carbons (Fsp3) is 0.0714. The maximum atomic E-state index is 13.7. The van der Waals surface area contributed by atoms with Gasteiger partial charge in [-0.25, -0.2) is 9.22 Å². The highest BCUT2D eigenvalue weighted by atomic mass is 79.9. The number of aryl methyl sites for hydroxylation is 1. The van der Waals surface area contributed by atoms with Crippen LogP contribution in [-0.2, 0) is 10.0 Å². The third-order valence-corrected chi connectivity index (χ3v) is 4.54. The molecule has 0 aromatic heterocycles.